The van der Waals surface area contributed by atoms with Crippen LogP contribution >= 0.6 is 0 Å². The maximum atomic E-state index is 5.62. The van der Waals surface area contributed by atoms with Crippen LogP contribution in [0.5, 0.6) is 0 Å². The molecule has 2 rings (SSSR count). The lowest BCUT2D eigenvalue weighted by Crippen LogP contribution is -2.41. The Morgan fingerprint density at radius 3 is 2.53 bits per heavy atom. The van der Waals surface area contributed by atoms with E-state index < -0.39 is 0 Å². The monoisotopic (exact) mass is 234 g/mol. The maximum absolute atomic E-state index is 5.62. The van der Waals surface area contributed by atoms with Gasteiger partial charge in [0.05, 0.1) is 12.6 Å². The smallest absolute Gasteiger partial charge is 0.0670 e. The molecule has 0 aromatic heterocycles. The van der Waals surface area contributed by atoms with Gasteiger partial charge >= 0.3 is 0 Å². The molecule has 1 saturated heterocycles. The van der Waals surface area contributed by atoms with Crippen LogP contribution in [0.15, 0.2) is 24.3 Å². The molecule has 3 nitrogen and oxygen atoms in total. The Morgan fingerprint density at radius 1 is 1.35 bits per heavy atom. The highest BCUT2D eigenvalue weighted by molar-refractivity contribution is 5.49. The highest BCUT2D eigenvalue weighted by Gasteiger charge is 2.25. The third kappa shape index (κ3) is 2.79. The van der Waals surface area contributed by atoms with Crippen molar-refractivity contribution in [2.24, 2.45) is 5.73 Å². The van der Waals surface area contributed by atoms with Gasteiger partial charge in [0, 0.05) is 24.9 Å². The summed E-state index contributed by atoms with van der Waals surface area (Å²) in [7, 11) is 0. The summed E-state index contributed by atoms with van der Waals surface area (Å²) < 4.78 is 5.49. The Balaban J connectivity index is 2.19. The van der Waals surface area contributed by atoms with Crippen LogP contribution in [0.1, 0.15) is 25.8 Å². The topological polar surface area (TPSA) is 38.5 Å². The third-order valence-corrected chi connectivity index (χ3v) is 3.33. The number of hydrogen-bond acceptors (Lipinski definition) is 3. The first kappa shape index (κ1) is 12.4. The van der Waals surface area contributed by atoms with Gasteiger partial charge in [-0.1, -0.05) is 12.1 Å². The molecule has 1 aromatic carbocycles. The molecule has 1 atom stereocenters. The number of benzene rings is 1. The van der Waals surface area contributed by atoms with Crippen molar-refractivity contribution in [3.63, 3.8) is 0 Å². The second-order valence-electron chi connectivity index (χ2n) is 4.89. The Hall–Kier alpha value is -1.06. The van der Waals surface area contributed by atoms with Crippen LogP contribution in [0.25, 0.3) is 0 Å². The van der Waals surface area contributed by atoms with E-state index >= 15 is 0 Å². The van der Waals surface area contributed by atoms with Gasteiger partial charge in [-0.05, 0) is 38.0 Å². The first-order valence-corrected chi connectivity index (χ1v) is 6.37. The molecule has 0 amide bonds. The van der Waals surface area contributed by atoms with Gasteiger partial charge in [0.2, 0.25) is 0 Å². The summed E-state index contributed by atoms with van der Waals surface area (Å²) in [5.41, 5.74) is 8.08. The minimum Gasteiger partial charge on any atom is -0.379 e. The zero-order valence-electron chi connectivity index (χ0n) is 10.7. The zero-order valence-corrected chi connectivity index (χ0v) is 10.7. The number of anilines is 1. The molecule has 0 saturated carbocycles. The predicted octanol–water partition coefficient (Wildman–Crippen LogP) is 2.15. The van der Waals surface area contributed by atoms with Crippen molar-refractivity contribution in [2.45, 2.75) is 38.9 Å². The fourth-order valence-corrected chi connectivity index (χ4v) is 2.48. The minimum atomic E-state index is 0.491. The number of ether oxygens (including phenoxy) is 1. The van der Waals surface area contributed by atoms with Crippen LogP contribution < -0.4 is 10.6 Å². The Kier molecular flexibility index (Phi) is 4.02. The molecule has 17 heavy (non-hydrogen) atoms. The Labute approximate surface area is 104 Å². The average molecular weight is 234 g/mol. The summed E-state index contributed by atoms with van der Waals surface area (Å²) in [5, 5.41) is 0. The quantitative estimate of drug-likeness (QED) is 0.867. The van der Waals surface area contributed by atoms with Crippen molar-refractivity contribution in [1.29, 1.82) is 0 Å². The first-order chi connectivity index (χ1) is 8.22. The van der Waals surface area contributed by atoms with Crippen molar-refractivity contribution in [1.82, 2.24) is 0 Å². The van der Waals surface area contributed by atoms with Gasteiger partial charge in [0.25, 0.3) is 0 Å². The highest BCUT2D eigenvalue weighted by atomic mass is 16.5. The third-order valence-electron chi connectivity index (χ3n) is 3.33. The molecular formula is C14H22N2O. The minimum absolute atomic E-state index is 0.491. The second kappa shape index (κ2) is 5.52. The normalized spacial score (nSPS) is 19.9. The van der Waals surface area contributed by atoms with E-state index in [9.17, 15) is 0 Å². The van der Waals surface area contributed by atoms with Gasteiger partial charge < -0.3 is 15.4 Å². The van der Waals surface area contributed by atoms with Gasteiger partial charge in [-0.25, -0.2) is 0 Å². The standard InChI is InChI=1S/C14H22N2O/c1-11(2)16(14-7-8-17-10-14)13-5-3-12(9-15)4-6-13/h3-6,11,14H,7-10,15H2,1-2H3. The maximum Gasteiger partial charge on any atom is 0.0670 e. The van der Waals surface area contributed by atoms with Crippen molar-refractivity contribution < 1.29 is 4.74 Å². The summed E-state index contributed by atoms with van der Waals surface area (Å²) in [6, 6.07) is 9.56. The number of nitrogens with zero attached hydrogens (tertiary/aromatic N) is 1. The van der Waals surface area contributed by atoms with Crippen LogP contribution in [0.2, 0.25) is 0 Å². The van der Waals surface area contributed by atoms with Crippen molar-refractivity contribution in [3.05, 3.63) is 29.8 Å². The summed E-state index contributed by atoms with van der Waals surface area (Å²) in [6.07, 6.45) is 1.12. The lowest BCUT2D eigenvalue weighted by atomic mass is 10.1. The molecule has 1 aromatic rings. The van der Waals surface area contributed by atoms with E-state index in [0.29, 0.717) is 18.6 Å². The van der Waals surface area contributed by atoms with E-state index in [1.54, 1.807) is 0 Å². The molecular weight excluding hydrogens is 212 g/mol. The zero-order chi connectivity index (χ0) is 12.3. The van der Waals surface area contributed by atoms with Crippen LogP contribution in [0.3, 0.4) is 0 Å². The van der Waals surface area contributed by atoms with Gasteiger partial charge in [-0.2, -0.15) is 0 Å². The van der Waals surface area contributed by atoms with Gasteiger partial charge in [-0.3, -0.25) is 0 Å². The van der Waals surface area contributed by atoms with Crippen molar-refractivity contribution in [3.8, 4) is 0 Å². The second-order valence-corrected chi connectivity index (χ2v) is 4.89. The number of hydrogen-bond donors (Lipinski definition) is 1. The van der Waals surface area contributed by atoms with E-state index in [0.717, 1.165) is 19.6 Å². The van der Waals surface area contributed by atoms with Crippen LogP contribution in [-0.2, 0) is 11.3 Å². The van der Waals surface area contributed by atoms with Crippen molar-refractivity contribution in [2.75, 3.05) is 18.1 Å². The predicted molar refractivity (Wildman–Crippen MR) is 71.2 cm³/mol. The van der Waals surface area contributed by atoms with E-state index in [4.69, 9.17) is 10.5 Å². The SMILES string of the molecule is CC(C)N(c1ccc(CN)cc1)C1CCOC1. The first-order valence-electron chi connectivity index (χ1n) is 6.37. The molecule has 0 spiro atoms. The lowest BCUT2D eigenvalue weighted by Gasteiger charge is -2.34. The fraction of sp³-hybridized carbons (Fsp3) is 0.571. The molecule has 0 radical (unpaired) electrons. The average Bonchev–Trinajstić information content (AvgIpc) is 2.83. The van der Waals surface area contributed by atoms with E-state index in [1.165, 1.54) is 11.3 Å². The lowest BCUT2D eigenvalue weighted by molar-refractivity contribution is 0.192. The van der Waals surface area contributed by atoms with E-state index in [2.05, 4.69) is 43.0 Å². The van der Waals surface area contributed by atoms with Gasteiger partial charge in [0.15, 0.2) is 0 Å². The van der Waals surface area contributed by atoms with Crippen LogP contribution in [-0.4, -0.2) is 25.3 Å². The summed E-state index contributed by atoms with van der Waals surface area (Å²) in [6.45, 7) is 6.80. The summed E-state index contributed by atoms with van der Waals surface area (Å²) in [4.78, 5) is 2.45. The van der Waals surface area contributed by atoms with Gasteiger partial charge in [-0.15, -0.1) is 0 Å². The molecule has 1 unspecified atom stereocenters. The molecule has 0 aliphatic carbocycles. The molecule has 1 aliphatic rings. The van der Waals surface area contributed by atoms with E-state index in [-0.39, 0.29) is 0 Å². The number of nitrogens with two attached hydrogens (primary N) is 1. The molecule has 94 valence electrons. The summed E-state index contributed by atoms with van der Waals surface area (Å²) in [5.74, 6) is 0. The fourth-order valence-electron chi connectivity index (χ4n) is 2.48. The van der Waals surface area contributed by atoms with Gasteiger partial charge in [0.1, 0.15) is 0 Å². The van der Waals surface area contributed by atoms with E-state index in [1.807, 2.05) is 0 Å². The molecule has 2 N–H and O–H groups in total. The van der Waals surface area contributed by atoms with Crippen LogP contribution in [0, 0.1) is 0 Å². The Bertz CT molecular complexity index is 342. The molecule has 1 aliphatic heterocycles. The molecule has 3 heteroatoms. The number of rotatable bonds is 4. The Morgan fingerprint density at radius 2 is 2.06 bits per heavy atom. The molecule has 1 fully saturated rings. The van der Waals surface area contributed by atoms with Crippen molar-refractivity contribution >= 4 is 5.69 Å². The summed E-state index contributed by atoms with van der Waals surface area (Å²) >= 11 is 0. The molecule has 1 heterocycles. The largest absolute Gasteiger partial charge is 0.379 e. The highest BCUT2D eigenvalue weighted by Crippen LogP contribution is 2.24. The van der Waals surface area contributed by atoms with Crippen LogP contribution in [0.4, 0.5) is 5.69 Å². The molecule has 0 bridgehead atoms.